The van der Waals surface area contributed by atoms with E-state index in [0.717, 1.165) is 23.9 Å². The molecule has 3 atom stereocenters. The number of hydrogen-bond acceptors (Lipinski definition) is 1. The number of nitrogens with one attached hydrogen (secondary N) is 1. The van der Waals surface area contributed by atoms with Gasteiger partial charge in [-0.2, -0.15) is 0 Å². The van der Waals surface area contributed by atoms with Crippen LogP contribution in [0.3, 0.4) is 0 Å². The molecule has 0 aliphatic heterocycles. The van der Waals surface area contributed by atoms with Crippen LogP contribution in [0.15, 0.2) is 0 Å². The fraction of sp³-hybridized carbons (Fsp3) is 1.00. The summed E-state index contributed by atoms with van der Waals surface area (Å²) in [5.41, 5.74) is 0. The zero-order chi connectivity index (χ0) is 9.97. The normalized spacial score (nSPS) is 40.3. The molecule has 14 heavy (non-hydrogen) atoms. The largest absolute Gasteiger partial charge is 0.311 e. The fourth-order valence-electron chi connectivity index (χ4n) is 3.51. The average Bonchev–Trinajstić information content (AvgIpc) is 2.54. The Morgan fingerprint density at radius 1 is 0.786 bits per heavy atom. The van der Waals surface area contributed by atoms with Crippen molar-refractivity contribution >= 4 is 0 Å². The summed E-state index contributed by atoms with van der Waals surface area (Å²) in [7, 11) is 0. The van der Waals surface area contributed by atoms with Crippen LogP contribution >= 0.6 is 0 Å². The molecule has 2 aliphatic rings. The van der Waals surface area contributed by atoms with E-state index >= 15 is 0 Å². The molecule has 2 rings (SSSR count). The van der Waals surface area contributed by atoms with Crippen LogP contribution < -0.4 is 5.32 Å². The quantitative estimate of drug-likeness (QED) is 0.712. The lowest BCUT2D eigenvalue weighted by Gasteiger charge is -2.33. The van der Waals surface area contributed by atoms with E-state index in [1.807, 2.05) is 0 Å². The first-order chi connectivity index (χ1) is 6.74. The lowest BCUT2D eigenvalue weighted by molar-refractivity contribution is 0.225. The molecule has 0 bridgehead atoms. The van der Waals surface area contributed by atoms with Crippen molar-refractivity contribution in [2.45, 2.75) is 70.9 Å². The van der Waals surface area contributed by atoms with Gasteiger partial charge in [0.05, 0.1) is 0 Å². The highest BCUT2D eigenvalue weighted by Gasteiger charge is 2.26. The Morgan fingerprint density at radius 3 is 1.93 bits per heavy atom. The molecule has 1 nitrogen and oxygen atoms in total. The van der Waals surface area contributed by atoms with Gasteiger partial charge < -0.3 is 5.32 Å². The van der Waals surface area contributed by atoms with Crippen LogP contribution in [0.25, 0.3) is 0 Å². The summed E-state index contributed by atoms with van der Waals surface area (Å²) in [6, 6.07) is 1.69. The Bertz CT molecular complexity index is 162. The number of rotatable bonds is 2. The molecule has 2 fully saturated rings. The second-order valence-corrected chi connectivity index (χ2v) is 5.76. The zero-order valence-electron chi connectivity index (χ0n) is 9.76. The molecule has 0 aromatic heterocycles. The third-order valence-corrected chi connectivity index (χ3v) is 4.01. The van der Waals surface area contributed by atoms with Crippen molar-refractivity contribution in [3.63, 3.8) is 0 Å². The Morgan fingerprint density at radius 2 is 1.36 bits per heavy atom. The third-order valence-electron chi connectivity index (χ3n) is 4.01. The van der Waals surface area contributed by atoms with Gasteiger partial charge >= 0.3 is 0 Å². The van der Waals surface area contributed by atoms with E-state index < -0.39 is 0 Å². The van der Waals surface area contributed by atoms with Crippen LogP contribution in [0, 0.1) is 11.8 Å². The van der Waals surface area contributed by atoms with Gasteiger partial charge in [-0.1, -0.05) is 26.7 Å². The van der Waals surface area contributed by atoms with E-state index in [9.17, 15) is 0 Å². The van der Waals surface area contributed by atoms with E-state index in [1.54, 1.807) is 0 Å². The summed E-state index contributed by atoms with van der Waals surface area (Å²) < 4.78 is 0. The predicted octanol–water partition coefficient (Wildman–Crippen LogP) is 3.34. The minimum atomic E-state index is 0.830. The van der Waals surface area contributed by atoms with Crippen LogP contribution in [0.4, 0.5) is 0 Å². The maximum absolute atomic E-state index is 3.88. The van der Waals surface area contributed by atoms with E-state index in [0.29, 0.717) is 0 Å². The Balaban J connectivity index is 1.78. The molecular weight excluding hydrogens is 170 g/mol. The van der Waals surface area contributed by atoms with Crippen LogP contribution in [0.2, 0.25) is 0 Å². The van der Waals surface area contributed by atoms with Crippen molar-refractivity contribution in [1.82, 2.24) is 5.32 Å². The molecule has 0 radical (unpaired) electrons. The molecule has 0 aromatic carbocycles. The first kappa shape index (κ1) is 10.5. The molecular formula is C13H25N. The SMILES string of the molecule is C[C@@H]1CC(NC2CCCC2)C[C@H](C)C1. The van der Waals surface area contributed by atoms with Crippen molar-refractivity contribution in [1.29, 1.82) is 0 Å². The fourth-order valence-corrected chi connectivity index (χ4v) is 3.51. The highest BCUT2D eigenvalue weighted by atomic mass is 15.0. The molecule has 0 aromatic rings. The molecule has 0 heterocycles. The van der Waals surface area contributed by atoms with E-state index in [4.69, 9.17) is 0 Å². The molecule has 1 unspecified atom stereocenters. The molecule has 2 saturated carbocycles. The first-order valence-corrected chi connectivity index (χ1v) is 6.50. The smallest absolute Gasteiger partial charge is 0.00747 e. The zero-order valence-corrected chi connectivity index (χ0v) is 9.76. The van der Waals surface area contributed by atoms with Gasteiger partial charge in [-0.3, -0.25) is 0 Å². The van der Waals surface area contributed by atoms with Gasteiger partial charge in [0.25, 0.3) is 0 Å². The maximum atomic E-state index is 3.88. The van der Waals surface area contributed by atoms with E-state index in [-0.39, 0.29) is 0 Å². The van der Waals surface area contributed by atoms with Crippen LogP contribution in [0.1, 0.15) is 58.8 Å². The van der Waals surface area contributed by atoms with Crippen molar-refractivity contribution in [2.24, 2.45) is 11.8 Å². The Labute approximate surface area is 88.7 Å². The molecule has 0 amide bonds. The summed E-state index contributed by atoms with van der Waals surface area (Å²) in [6.45, 7) is 4.83. The van der Waals surface area contributed by atoms with Crippen molar-refractivity contribution < 1.29 is 0 Å². The second-order valence-electron chi connectivity index (χ2n) is 5.76. The van der Waals surface area contributed by atoms with E-state index in [1.165, 1.54) is 44.9 Å². The van der Waals surface area contributed by atoms with Gasteiger partial charge in [0.2, 0.25) is 0 Å². The molecule has 0 saturated heterocycles. The number of hydrogen-bond donors (Lipinski definition) is 1. The van der Waals surface area contributed by atoms with Crippen molar-refractivity contribution in [2.75, 3.05) is 0 Å². The third kappa shape index (κ3) is 2.73. The minimum absolute atomic E-state index is 0.830. The summed E-state index contributed by atoms with van der Waals surface area (Å²) >= 11 is 0. The topological polar surface area (TPSA) is 12.0 Å². The lowest BCUT2D eigenvalue weighted by Crippen LogP contribution is -2.41. The van der Waals surface area contributed by atoms with Gasteiger partial charge in [-0.05, 0) is 43.9 Å². The summed E-state index contributed by atoms with van der Waals surface area (Å²) in [5.74, 6) is 1.88. The first-order valence-electron chi connectivity index (χ1n) is 6.50. The Kier molecular flexibility index (Phi) is 3.48. The molecule has 82 valence electrons. The molecule has 1 N–H and O–H groups in total. The monoisotopic (exact) mass is 195 g/mol. The predicted molar refractivity (Wildman–Crippen MR) is 61.4 cm³/mol. The lowest BCUT2D eigenvalue weighted by atomic mass is 9.80. The minimum Gasteiger partial charge on any atom is -0.311 e. The van der Waals surface area contributed by atoms with Gasteiger partial charge in [-0.15, -0.1) is 0 Å². The maximum Gasteiger partial charge on any atom is 0.00747 e. The van der Waals surface area contributed by atoms with Crippen molar-refractivity contribution in [3.8, 4) is 0 Å². The summed E-state index contributed by atoms with van der Waals surface area (Å²) in [5, 5.41) is 3.88. The Hall–Kier alpha value is -0.0400. The second kappa shape index (κ2) is 4.65. The van der Waals surface area contributed by atoms with Gasteiger partial charge in [0, 0.05) is 12.1 Å². The highest BCUT2D eigenvalue weighted by Crippen LogP contribution is 2.30. The average molecular weight is 195 g/mol. The van der Waals surface area contributed by atoms with E-state index in [2.05, 4.69) is 19.2 Å². The van der Waals surface area contributed by atoms with Crippen LogP contribution in [-0.2, 0) is 0 Å². The van der Waals surface area contributed by atoms with Crippen LogP contribution in [0.5, 0.6) is 0 Å². The molecule has 0 spiro atoms. The molecule has 1 heteroatoms. The summed E-state index contributed by atoms with van der Waals surface area (Å²) in [4.78, 5) is 0. The highest BCUT2D eigenvalue weighted by molar-refractivity contribution is 4.84. The standard InChI is InChI=1S/C13H25N/c1-10-7-11(2)9-13(8-10)14-12-5-3-4-6-12/h10-14H,3-9H2,1-2H3/t10-,11+,13?. The van der Waals surface area contributed by atoms with Gasteiger partial charge in [0.1, 0.15) is 0 Å². The van der Waals surface area contributed by atoms with Gasteiger partial charge in [-0.25, -0.2) is 0 Å². The molecule has 2 aliphatic carbocycles. The summed E-state index contributed by atoms with van der Waals surface area (Å²) in [6.07, 6.45) is 10.0. The van der Waals surface area contributed by atoms with Crippen LogP contribution in [-0.4, -0.2) is 12.1 Å². The van der Waals surface area contributed by atoms with Gasteiger partial charge in [0.15, 0.2) is 0 Å². The van der Waals surface area contributed by atoms with Crippen molar-refractivity contribution in [3.05, 3.63) is 0 Å².